The highest BCUT2D eigenvalue weighted by Crippen LogP contribution is 2.21. The minimum atomic E-state index is -0.459. The topological polar surface area (TPSA) is 74.2 Å². The maximum absolute atomic E-state index is 12.4. The third-order valence-corrected chi connectivity index (χ3v) is 4.07. The molecule has 1 amide bonds. The summed E-state index contributed by atoms with van der Waals surface area (Å²) in [5.74, 6) is 0.336. The van der Waals surface area contributed by atoms with Gasteiger partial charge in [0.05, 0.1) is 17.7 Å². The molecule has 0 bridgehead atoms. The predicted octanol–water partition coefficient (Wildman–Crippen LogP) is 2.31. The van der Waals surface area contributed by atoms with Gasteiger partial charge < -0.3 is 15.7 Å². The molecule has 2 rings (SSSR count). The molecule has 0 aliphatic heterocycles. The first-order chi connectivity index (χ1) is 9.61. The number of halogens is 1. The molecule has 2 atom stereocenters. The van der Waals surface area contributed by atoms with Crippen LogP contribution in [0.4, 0.5) is 5.82 Å². The molecule has 1 aliphatic rings. The van der Waals surface area contributed by atoms with E-state index < -0.39 is 6.10 Å². The van der Waals surface area contributed by atoms with Crippen molar-refractivity contribution in [2.75, 3.05) is 12.4 Å². The average molecular weight is 342 g/mol. The fourth-order valence-electron chi connectivity index (χ4n) is 2.51. The molecule has 2 unspecified atom stereocenters. The van der Waals surface area contributed by atoms with Gasteiger partial charge in [0.2, 0.25) is 0 Å². The van der Waals surface area contributed by atoms with Gasteiger partial charge in [-0.2, -0.15) is 0 Å². The van der Waals surface area contributed by atoms with Crippen molar-refractivity contribution in [3.63, 3.8) is 0 Å². The number of rotatable bonds is 3. The molecule has 5 nitrogen and oxygen atoms in total. The first-order valence-electron chi connectivity index (χ1n) is 6.94. The second-order valence-corrected chi connectivity index (χ2v) is 6.00. The van der Waals surface area contributed by atoms with Crippen LogP contribution in [-0.4, -0.2) is 35.2 Å². The Kier molecular flexibility index (Phi) is 5.37. The van der Waals surface area contributed by atoms with E-state index >= 15 is 0 Å². The normalized spacial score (nSPS) is 22.9. The van der Waals surface area contributed by atoms with Crippen LogP contribution in [0.2, 0.25) is 0 Å². The lowest BCUT2D eigenvalue weighted by molar-refractivity contribution is 0.0819. The molecule has 1 fully saturated rings. The van der Waals surface area contributed by atoms with Crippen LogP contribution in [0.15, 0.2) is 16.7 Å². The molecule has 1 aromatic rings. The summed E-state index contributed by atoms with van der Waals surface area (Å²) >= 11 is 3.32. The summed E-state index contributed by atoms with van der Waals surface area (Å²) in [5, 5.41) is 15.9. The highest BCUT2D eigenvalue weighted by atomic mass is 79.9. The fourth-order valence-corrected chi connectivity index (χ4v) is 2.85. The maximum Gasteiger partial charge on any atom is 0.255 e. The molecule has 6 heteroatoms. The molecule has 0 saturated heterocycles. The first kappa shape index (κ1) is 15.3. The van der Waals surface area contributed by atoms with Crippen molar-refractivity contribution < 1.29 is 9.90 Å². The van der Waals surface area contributed by atoms with Crippen LogP contribution in [0.25, 0.3) is 0 Å². The number of aliphatic hydroxyl groups is 1. The van der Waals surface area contributed by atoms with Crippen LogP contribution in [0, 0.1) is 0 Å². The zero-order valence-electron chi connectivity index (χ0n) is 11.5. The molecule has 1 heterocycles. The van der Waals surface area contributed by atoms with Crippen molar-refractivity contribution in [1.82, 2.24) is 10.3 Å². The predicted molar refractivity (Wildman–Crippen MR) is 81.8 cm³/mol. The van der Waals surface area contributed by atoms with Gasteiger partial charge >= 0.3 is 0 Å². The van der Waals surface area contributed by atoms with Crippen molar-refractivity contribution in [3.8, 4) is 0 Å². The van der Waals surface area contributed by atoms with Crippen molar-refractivity contribution in [3.05, 3.63) is 22.3 Å². The smallest absolute Gasteiger partial charge is 0.255 e. The van der Waals surface area contributed by atoms with Gasteiger partial charge in [0.25, 0.3) is 5.91 Å². The summed E-state index contributed by atoms with van der Waals surface area (Å²) in [6, 6.07) is 1.56. The van der Waals surface area contributed by atoms with E-state index in [-0.39, 0.29) is 11.9 Å². The number of anilines is 1. The van der Waals surface area contributed by atoms with Crippen molar-refractivity contribution in [1.29, 1.82) is 0 Å². The average Bonchev–Trinajstić information content (AvgIpc) is 2.64. The number of amides is 1. The highest BCUT2D eigenvalue weighted by molar-refractivity contribution is 9.10. The second-order valence-electron chi connectivity index (χ2n) is 5.09. The van der Waals surface area contributed by atoms with E-state index in [2.05, 4.69) is 31.5 Å². The molecule has 20 heavy (non-hydrogen) atoms. The Labute approximate surface area is 127 Å². The van der Waals surface area contributed by atoms with E-state index in [4.69, 9.17) is 0 Å². The number of aliphatic hydroxyl groups excluding tert-OH is 1. The van der Waals surface area contributed by atoms with Gasteiger partial charge in [0.1, 0.15) is 5.82 Å². The van der Waals surface area contributed by atoms with Gasteiger partial charge in [0.15, 0.2) is 0 Å². The molecule has 1 aromatic heterocycles. The molecular formula is C14H20BrN3O2. The number of aromatic nitrogens is 1. The Hall–Kier alpha value is -1.14. The van der Waals surface area contributed by atoms with Crippen LogP contribution in [-0.2, 0) is 0 Å². The summed E-state index contributed by atoms with van der Waals surface area (Å²) in [7, 11) is 1.73. The van der Waals surface area contributed by atoms with Gasteiger partial charge in [-0.05, 0) is 34.8 Å². The van der Waals surface area contributed by atoms with Gasteiger partial charge in [-0.25, -0.2) is 4.98 Å². The lowest BCUT2D eigenvalue weighted by Gasteiger charge is -2.22. The van der Waals surface area contributed by atoms with Crippen LogP contribution in [0.1, 0.15) is 42.5 Å². The summed E-state index contributed by atoms with van der Waals surface area (Å²) in [4.78, 5) is 16.5. The summed E-state index contributed by atoms with van der Waals surface area (Å²) in [5.41, 5.74) is 0.485. The first-order valence-corrected chi connectivity index (χ1v) is 7.73. The molecule has 3 N–H and O–H groups in total. The SMILES string of the molecule is CNc1ncc(Br)cc1C(=O)NC1CCCCCC1O. The number of hydrogen-bond acceptors (Lipinski definition) is 4. The number of pyridine rings is 1. The fraction of sp³-hybridized carbons (Fsp3) is 0.571. The zero-order valence-corrected chi connectivity index (χ0v) is 13.1. The largest absolute Gasteiger partial charge is 0.391 e. The Bertz CT molecular complexity index is 481. The van der Waals surface area contributed by atoms with E-state index in [9.17, 15) is 9.90 Å². The van der Waals surface area contributed by atoms with E-state index in [1.807, 2.05) is 0 Å². The van der Waals surface area contributed by atoms with Crippen LogP contribution in [0.3, 0.4) is 0 Å². The van der Waals surface area contributed by atoms with Gasteiger partial charge in [0, 0.05) is 17.7 Å². The Morgan fingerprint density at radius 1 is 1.40 bits per heavy atom. The quantitative estimate of drug-likeness (QED) is 0.737. The zero-order chi connectivity index (χ0) is 14.5. The maximum atomic E-state index is 12.4. The Balaban J connectivity index is 2.12. The van der Waals surface area contributed by atoms with E-state index in [1.54, 1.807) is 19.3 Å². The number of nitrogens with one attached hydrogen (secondary N) is 2. The monoisotopic (exact) mass is 341 g/mol. The Morgan fingerprint density at radius 3 is 2.90 bits per heavy atom. The van der Waals surface area contributed by atoms with Crippen molar-refractivity contribution in [2.45, 2.75) is 44.2 Å². The van der Waals surface area contributed by atoms with Gasteiger partial charge in [-0.1, -0.05) is 19.3 Å². The number of carbonyl (C=O) groups is 1. The molecule has 0 aromatic carbocycles. The molecular weight excluding hydrogens is 322 g/mol. The second kappa shape index (κ2) is 7.04. The van der Waals surface area contributed by atoms with Crippen molar-refractivity contribution in [2.24, 2.45) is 0 Å². The van der Waals surface area contributed by atoms with Crippen LogP contribution >= 0.6 is 15.9 Å². The molecule has 0 spiro atoms. The third-order valence-electron chi connectivity index (χ3n) is 3.63. The standard InChI is InChI=1S/C14H20BrN3O2/c1-16-13-10(7-9(15)8-17-13)14(20)18-11-5-3-2-4-6-12(11)19/h7-8,11-12,19H,2-6H2,1H3,(H,16,17)(H,18,20). The van der Waals surface area contributed by atoms with E-state index in [0.717, 1.165) is 36.6 Å². The van der Waals surface area contributed by atoms with Gasteiger partial charge in [-0.3, -0.25) is 4.79 Å². The minimum Gasteiger partial charge on any atom is -0.391 e. The summed E-state index contributed by atoms with van der Waals surface area (Å²) < 4.78 is 0.753. The molecule has 0 radical (unpaired) electrons. The lowest BCUT2D eigenvalue weighted by atomic mass is 10.1. The van der Waals surface area contributed by atoms with Crippen molar-refractivity contribution >= 4 is 27.7 Å². The number of carbonyl (C=O) groups excluding carboxylic acids is 1. The van der Waals surface area contributed by atoms with E-state index in [1.165, 1.54) is 0 Å². The number of nitrogens with zero attached hydrogens (tertiary/aromatic N) is 1. The van der Waals surface area contributed by atoms with Gasteiger partial charge in [-0.15, -0.1) is 0 Å². The molecule has 1 saturated carbocycles. The number of hydrogen-bond donors (Lipinski definition) is 3. The third kappa shape index (κ3) is 3.70. The molecule has 110 valence electrons. The summed E-state index contributed by atoms with van der Waals surface area (Å²) in [6.45, 7) is 0. The lowest BCUT2D eigenvalue weighted by Crippen LogP contribution is -2.42. The Morgan fingerprint density at radius 2 is 2.15 bits per heavy atom. The van der Waals surface area contributed by atoms with E-state index in [0.29, 0.717) is 11.4 Å². The highest BCUT2D eigenvalue weighted by Gasteiger charge is 2.24. The summed E-state index contributed by atoms with van der Waals surface area (Å²) in [6.07, 6.45) is 5.93. The van der Waals surface area contributed by atoms with Crippen LogP contribution in [0.5, 0.6) is 0 Å². The minimum absolute atomic E-state index is 0.173. The van der Waals surface area contributed by atoms with Crippen LogP contribution < -0.4 is 10.6 Å². The molecule has 1 aliphatic carbocycles.